The van der Waals surface area contributed by atoms with Crippen molar-refractivity contribution in [3.63, 3.8) is 0 Å². The number of nitrogens with one attached hydrogen (secondary N) is 1. The summed E-state index contributed by atoms with van der Waals surface area (Å²) < 4.78 is 10.9. The average molecular weight is 265 g/mol. The van der Waals surface area contributed by atoms with Crippen LogP contribution < -0.4 is 14.8 Å². The maximum atomic E-state index is 5.43. The van der Waals surface area contributed by atoms with E-state index in [1.54, 1.807) is 14.2 Å². The number of hydrogen-bond donors (Lipinski definition) is 1. The van der Waals surface area contributed by atoms with Gasteiger partial charge in [-0.15, -0.1) is 0 Å². The van der Waals surface area contributed by atoms with Gasteiger partial charge in [0, 0.05) is 5.56 Å². The Hall–Kier alpha value is -1.22. The van der Waals surface area contributed by atoms with Crippen LogP contribution in [0.25, 0.3) is 0 Å². The van der Waals surface area contributed by atoms with Crippen LogP contribution in [-0.4, -0.2) is 27.3 Å². The molecule has 0 fully saturated rings. The minimum atomic E-state index is 0.545. The van der Waals surface area contributed by atoms with E-state index in [-0.39, 0.29) is 0 Å². The summed E-state index contributed by atoms with van der Waals surface area (Å²) in [5, 5.41) is 3.50. The van der Waals surface area contributed by atoms with E-state index in [2.05, 4.69) is 26.1 Å². The quantitative estimate of drug-likeness (QED) is 0.783. The highest BCUT2D eigenvalue weighted by Crippen LogP contribution is 2.30. The zero-order valence-corrected chi connectivity index (χ0v) is 12.8. The molecule has 0 heterocycles. The van der Waals surface area contributed by atoms with E-state index in [1.807, 2.05) is 18.2 Å². The van der Waals surface area contributed by atoms with Gasteiger partial charge in [-0.05, 0) is 43.5 Å². The molecular weight excluding hydrogens is 238 g/mol. The number of benzene rings is 1. The van der Waals surface area contributed by atoms with Gasteiger partial charge in [0.2, 0.25) is 0 Å². The van der Waals surface area contributed by atoms with Crippen LogP contribution in [-0.2, 0) is 6.42 Å². The molecule has 0 saturated heterocycles. The van der Waals surface area contributed by atoms with E-state index >= 15 is 0 Å². The summed E-state index contributed by atoms with van der Waals surface area (Å²) in [5.74, 6) is 3.06. The second-order valence-electron chi connectivity index (χ2n) is 5.50. The van der Waals surface area contributed by atoms with Gasteiger partial charge in [0.1, 0.15) is 11.5 Å². The molecule has 1 unspecified atom stereocenters. The SMILES string of the molecule is COc1cccc(OC)c1CC(C)CNCC(C)C. The summed E-state index contributed by atoms with van der Waals surface area (Å²) in [6, 6.07) is 5.95. The van der Waals surface area contributed by atoms with E-state index in [4.69, 9.17) is 9.47 Å². The first kappa shape index (κ1) is 15.8. The van der Waals surface area contributed by atoms with Gasteiger partial charge in [-0.25, -0.2) is 0 Å². The first-order valence-corrected chi connectivity index (χ1v) is 6.99. The third-order valence-electron chi connectivity index (χ3n) is 3.13. The fraction of sp³-hybridized carbons (Fsp3) is 0.625. The molecule has 19 heavy (non-hydrogen) atoms. The van der Waals surface area contributed by atoms with Crippen molar-refractivity contribution >= 4 is 0 Å². The molecule has 1 atom stereocenters. The van der Waals surface area contributed by atoms with Gasteiger partial charge in [-0.3, -0.25) is 0 Å². The number of rotatable bonds is 8. The third-order valence-corrected chi connectivity index (χ3v) is 3.13. The Labute approximate surface area is 117 Å². The van der Waals surface area contributed by atoms with Crippen LogP contribution >= 0.6 is 0 Å². The van der Waals surface area contributed by atoms with Gasteiger partial charge in [0.25, 0.3) is 0 Å². The minimum absolute atomic E-state index is 0.545. The van der Waals surface area contributed by atoms with Gasteiger partial charge >= 0.3 is 0 Å². The van der Waals surface area contributed by atoms with Crippen molar-refractivity contribution in [2.45, 2.75) is 27.2 Å². The van der Waals surface area contributed by atoms with Crippen LogP contribution in [0.3, 0.4) is 0 Å². The molecule has 1 N–H and O–H groups in total. The molecule has 1 aromatic rings. The highest BCUT2D eigenvalue weighted by atomic mass is 16.5. The highest BCUT2D eigenvalue weighted by Gasteiger charge is 2.13. The predicted octanol–water partition coefficient (Wildman–Crippen LogP) is 3.13. The first-order chi connectivity index (χ1) is 9.08. The van der Waals surface area contributed by atoms with E-state index in [1.165, 1.54) is 0 Å². The lowest BCUT2D eigenvalue weighted by molar-refractivity contribution is 0.376. The molecule has 1 aromatic carbocycles. The molecule has 0 aliphatic rings. The topological polar surface area (TPSA) is 30.5 Å². The largest absolute Gasteiger partial charge is 0.496 e. The van der Waals surface area contributed by atoms with Crippen LogP contribution in [0.5, 0.6) is 11.5 Å². The summed E-state index contributed by atoms with van der Waals surface area (Å²) >= 11 is 0. The molecule has 108 valence electrons. The smallest absolute Gasteiger partial charge is 0.125 e. The van der Waals surface area contributed by atoms with Gasteiger partial charge in [-0.2, -0.15) is 0 Å². The molecule has 3 heteroatoms. The second-order valence-corrected chi connectivity index (χ2v) is 5.50. The van der Waals surface area contributed by atoms with Crippen LogP contribution in [0, 0.1) is 11.8 Å². The number of hydrogen-bond acceptors (Lipinski definition) is 3. The molecule has 0 spiro atoms. The van der Waals surface area contributed by atoms with E-state index in [9.17, 15) is 0 Å². The van der Waals surface area contributed by atoms with E-state index < -0.39 is 0 Å². The highest BCUT2D eigenvalue weighted by molar-refractivity contribution is 5.45. The Morgan fingerprint density at radius 3 is 2.05 bits per heavy atom. The van der Waals surface area contributed by atoms with Crippen molar-refractivity contribution in [1.82, 2.24) is 5.32 Å². The Morgan fingerprint density at radius 2 is 1.58 bits per heavy atom. The van der Waals surface area contributed by atoms with Gasteiger partial charge in [-0.1, -0.05) is 26.8 Å². The Kier molecular flexibility index (Phi) is 6.71. The van der Waals surface area contributed by atoms with Crippen LogP contribution in [0.1, 0.15) is 26.3 Å². The molecule has 1 rings (SSSR count). The van der Waals surface area contributed by atoms with Gasteiger partial charge in [0.15, 0.2) is 0 Å². The number of ether oxygens (including phenoxy) is 2. The lowest BCUT2D eigenvalue weighted by Crippen LogP contribution is -2.26. The van der Waals surface area contributed by atoms with Crippen molar-refractivity contribution in [2.75, 3.05) is 27.3 Å². The molecule has 0 aromatic heterocycles. The van der Waals surface area contributed by atoms with E-state index in [0.717, 1.165) is 36.6 Å². The summed E-state index contributed by atoms with van der Waals surface area (Å²) in [6.45, 7) is 8.77. The van der Waals surface area contributed by atoms with Crippen molar-refractivity contribution in [2.24, 2.45) is 11.8 Å². The lowest BCUT2D eigenvalue weighted by atomic mass is 9.99. The Balaban J connectivity index is 2.64. The molecular formula is C16H27NO2. The summed E-state index contributed by atoms with van der Waals surface area (Å²) in [4.78, 5) is 0. The molecule has 0 aliphatic carbocycles. The fourth-order valence-electron chi connectivity index (χ4n) is 2.17. The molecule has 0 saturated carbocycles. The summed E-state index contributed by atoms with van der Waals surface area (Å²) in [6.07, 6.45) is 0.957. The second kappa shape index (κ2) is 8.05. The maximum absolute atomic E-state index is 5.43. The van der Waals surface area contributed by atoms with Crippen molar-refractivity contribution in [3.8, 4) is 11.5 Å². The normalized spacial score (nSPS) is 12.5. The van der Waals surface area contributed by atoms with Crippen molar-refractivity contribution in [3.05, 3.63) is 23.8 Å². The molecule has 0 radical (unpaired) electrons. The minimum Gasteiger partial charge on any atom is -0.496 e. The number of methoxy groups -OCH3 is 2. The summed E-state index contributed by atoms with van der Waals surface area (Å²) in [5.41, 5.74) is 1.16. The molecule has 0 amide bonds. The Bertz CT molecular complexity index is 355. The fourth-order valence-corrected chi connectivity index (χ4v) is 2.17. The van der Waals surface area contributed by atoms with Crippen molar-refractivity contribution in [1.29, 1.82) is 0 Å². The standard InChI is InChI=1S/C16H27NO2/c1-12(2)10-17-11-13(3)9-14-15(18-4)7-6-8-16(14)19-5/h6-8,12-13,17H,9-11H2,1-5H3. The van der Waals surface area contributed by atoms with E-state index in [0.29, 0.717) is 11.8 Å². The third kappa shape index (κ3) is 5.11. The summed E-state index contributed by atoms with van der Waals surface area (Å²) in [7, 11) is 3.42. The van der Waals surface area contributed by atoms with Crippen LogP contribution in [0.2, 0.25) is 0 Å². The van der Waals surface area contributed by atoms with Crippen molar-refractivity contribution < 1.29 is 9.47 Å². The predicted molar refractivity (Wildman–Crippen MR) is 80.1 cm³/mol. The maximum Gasteiger partial charge on any atom is 0.125 e. The zero-order chi connectivity index (χ0) is 14.3. The molecule has 0 bridgehead atoms. The lowest BCUT2D eigenvalue weighted by Gasteiger charge is -2.18. The zero-order valence-electron chi connectivity index (χ0n) is 12.8. The molecule has 3 nitrogen and oxygen atoms in total. The van der Waals surface area contributed by atoms with Crippen LogP contribution in [0.15, 0.2) is 18.2 Å². The van der Waals surface area contributed by atoms with Gasteiger partial charge in [0.05, 0.1) is 14.2 Å². The molecule has 0 aliphatic heterocycles. The first-order valence-electron chi connectivity index (χ1n) is 6.99. The Morgan fingerprint density at radius 1 is 1.00 bits per heavy atom. The average Bonchev–Trinajstić information content (AvgIpc) is 2.38. The van der Waals surface area contributed by atoms with Crippen LogP contribution in [0.4, 0.5) is 0 Å². The monoisotopic (exact) mass is 265 g/mol. The van der Waals surface area contributed by atoms with Gasteiger partial charge < -0.3 is 14.8 Å².